The molecule has 0 bridgehead atoms. The van der Waals surface area contributed by atoms with Crippen LogP contribution in [0.25, 0.3) is 22.3 Å². The van der Waals surface area contributed by atoms with Crippen molar-refractivity contribution in [2.45, 2.75) is 28.4 Å². The van der Waals surface area contributed by atoms with Crippen molar-refractivity contribution < 1.29 is 44.3 Å². The smallest absolute Gasteiger partial charge is 0.416 e. The molecule has 0 saturated carbocycles. The first-order chi connectivity index (χ1) is 25.1. The number of hydrogen-bond acceptors (Lipinski definition) is 7. The molecule has 0 aromatic heterocycles. The maximum absolute atomic E-state index is 14.3. The van der Waals surface area contributed by atoms with Crippen LogP contribution in [0.4, 0.5) is 13.2 Å². The number of nitrogens with one attached hydrogen (secondary N) is 1. The van der Waals surface area contributed by atoms with E-state index in [4.69, 9.17) is 4.74 Å². The summed E-state index contributed by atoms with van der Waals surface area (Å²) in [6.45, 7) is -0.493. The molecule has 14 heteroatoms. The molecule has 0 aliphatic carbocycles. The van der Waals surface area contributed by atoms with Gasteiger partial charge in [-0.1, -0.05) is 78.9 Å². The van der Waals surface area contributed by atoms with E-state index >= 15 is 0 Å². The predicted molar refractivity (Wildman–Crippen MR) is 194 cm³/mol. The summed E-state index contributed by atoms with van der Waals surface area (Å²) < 4.78 is 96.8. The number of alkyl halides is 3. The van der Waals surface area contributed by atoms with Gasteiger partial charge in [0.2, 0.25) is 10.0 Å². The predicted octanol–water partition coefficient (Wildman–Crippen LogP) is 7.17. The van der Waals surface area contributed by atoms with E-state index in [1.807, 2.05) is 42.5 Å². The average Bonchev–Trinajstić information content (AvgIpc) is 3.15. The molecule has 0 aliphatic rings. The third-order valence-corrected chi connectivity index (χ3v) is 11.1. The maximum atomic E-state index is 14.3. The van der Waals surface area contributed by atoms with Crippen LogP contribution in [0.2, 0.25) is 0 Å². The van der Waals surface area contributed by atoms with Crippen LogP contribution in [0.3, 0.4) is 0 Å². The van der Waals surface area contributed by atoms with E-state index in [9.17, 15) is 39.6 Å². The van der Waals surface area contributed by atoms with Crippen LogP contribution in [0.5, 0.6) is 0 Å². The number of nitrogens with zero attached hydrogens (tertiary/aromatic N) is 1. The first kappa shape index (κ1) is 38.9. The summed E-state index contributed by atoms with van der Waals surface area (Å²) in [5.41, 5.74) is 2.84. The standard InChI is InChI=1S/C39H35F3N2O7S2/c1-51-37(45)26-36(31-12-8-28(9-13-31)27-6-4-3-5-7-27)44(25-24-43-53(49,50)35-22-20-34(21-23-35)52(2,47)48)38(46)32-14-10-29(11-15-32)30-16-18-33(19-17-30)39(40,41)42/h3-23,36,43H,24-26H2,1-2H3. The second-order valence-corrected chi connectivity index (χ2v) is 15.9. The van der Waals surface area contributed by atoms with Gasteiger partial charge >= 0.3 is 12.1 Å². The fraction of sp³-hybridized carbons (Fsp3) is 0.179. The molecule has 0 spiro atoms. The van der Waals surface area contributed by atoms with E-state index in [2.05, 4.69) is 4.72 Å². The summed E-state index contributed by atoms with van der Waals surface area (Å²) in [6.07, 6.45) is -3.75. The van der Waals surface area contributed by atoms with Crippen LogP contribution in [0.1, 0.15) is 33.9 Å². The van der Waals surface area contributed by atoms with Crippen LogP contribution in [0.15, 0.2) is 137 Å². The average molecular weight is 765 g/mol. The Morgan fingerprint density at radius 3 is 1.70 bits per heavy atom. The van der Waals surface area contributed by atoms with Gasteiger partial charge < -0.3 is 9.64 Å². The highest BCUT2D eigenvalue weighted by atomic mass is 32.2. The zero-order valence-electron chi connectivity index (χ0n) is 28.6. The quantitative estimate of drug-likeness (QED) is 0.126. The molecule has 0 aliphatic heterocycles. The van der Waals surface area contributed by atoms with E-state index < -0.39 is 49.5 Å². The van der Waals surface area contributed by atoms with Gasteiger partial charge in [0.1, 0.15) is 0 Å². The van der Waals surface area contributed by atoms with Gasteiger partial charge in [0.05, 0.1) is 34.9 Å². The summed E-state index contributed by atoms with van der Waals surface area (Å²) in [5.74, 6) is -1.18. The minimum absolute atomic E-state index is 0.0542. The lowest BCUT2D eigenvalue weighted by molar-refractivity contribution is -0.142. The Bertz CT molecular complexity index is 2260. The van der Waals surface area contributed by atoms with Crippen molar-refractivity contribution in [1.82, 2.24) is 9.62 Å². The first-order valence-electron chi connectivity index (χ1n) is 16.2. The Morgan fingerprint density at radius 1 is 0.698 bits per heavy atom. The second kappa shape index (κ2) is 16.1. The summed E-state index contributed by atoms with van der Waals surface area (Å²) in [4.78, 5) is 28.2. The Labute approximate surface area is 306 Å². The van der Waals surface area contributed by atoms with Crippen molar-refractivity contribution >= 4 is 31.7 Å². The molecule has 9 nitrogen and oxygen atoms in total. The van der Waals surface area contributed by atoms with Crippen molar-refractivity contribution in [3.63, 3.8) is 0 Å². The SMILES string of the molecule is COC(=O)CC(c1ccc(-c2ccccc2)cc1)N(CCNS(=O)(=O)c1ccc(S(C)(=O)=O)cc1)C(=O)c1ccc(-c2ccc(C(F)(F)F)cc2)cc1. The fourth-order valence-corrected chi connectivity index (χ4v) is 7.30. The number of ether oxygens (including phenoxy) is 1. The third-order valence-electron chi connectivity index (χ3n) is 8.51. The van der Waals surface area contributed by atoms with Crippen molar-refractivity contribution in [2.24, 2.45) is 0 Å². The zero-order valence-corrected chi connectivity index (χ0v) is 30.2. The molecule has 1 atom stereocenters. The normalized spacial score (nSPS) is 12.5. The van der Waals surface area contributed by atoms with Gasteiger partial charge in [0.25, 0.3) is 5.91 Å². The van der Waals surface area contributed by atoms with Gasteiger partial charge in [-0.25, -0.2) is 21.6 Å². The Hall–Kier alpha value is -5.31. The van der Waals surface area contributed by atoms with Crippen LogP contribution >= 0.6 is 0 Å². The number of hydrogen-bond donors (Lipinski definition) is 1. The molecule has 5 aromatic rings. The van der Waals surface area contributed by atoms with Gasteiger partial charge in [-0.3, -0.25) is 9.59 Å². The molecule has 0 radical (unpaired) electrons. The number of carbonyl (C=O) groups is 2. The van der Waals surface area contributed by atoms with E-state index in [-0.39, 0.29) is 34.9 Å². The molecule has 276 valence electrons. The van der Waals surface area contributed by atoms with E-state index in [0.29, 0.717) is 16.7 Å². The van der Waals surface area contributed by atoms with Crippen molar-refractivity contribution in [2.75, 3.05) is 26.5 Å². The molecule has 0 saturated heterocycles. The minimum Gasteiger partial charge on any atom is -0.469 e. The number of carbonyl (C=O) groups excluding carboxylic acids is 2. The molecule has 1 N–H and O–H groups in total. The Balaban J connectivity index is 1.46. The number of esters is 1. The number of benzene rings is 5. The molecule has 1 unspecified atom stereocenters. The molecular weight excluding hydrogens is 730 g/mol. The van der Waals surface area contributed by atoms with Gasteiger partial charge in [-0.2, -0.15) is 13.2 Å². The lowest BCUT2D eigenvalue weighted by Crippen LogP contribution is -2.41. The number of rotatable bonds is 13. The summed E-state index contributed by atoms with van der Waals surface area (Å²) in [5, 5.41) is 0. The van der Waals surface area contributed by atoms with Gasteiger partial charge in [-0.05, 0) is 76.3 Å². The van der Waals surface area contributed by atoms with Crippen LogP contribution in [-0.4, -0.2) is 60.1 Å². The summed E-state index contributed by atoms with van der Waals surface area (Å²) in [7, 11) is -6.50. The highest BCUT2D eigenvalue weighted by Gasteiger charge is 2.31. The fourth-order valence-electron chi connectivity index (χ4n) is 5.65. The van der Waals surface area contributed by atoms with Crippen LogP contribution < -0.4 is 4.72 Å². The number of sulfone groups is 1. The van der Waals surface area contributed by atoms with Crippen LogP contribution in [0, 0.1) is 0 Å². The highest BCUT2D eigenvalue weighted by Crippen LogP contribution is 2.32. The zero-order chi connectivity index (χ0) is 38.4. The third kappa shape index (κ3) is 9.77. The molecule has 53 heavy (non-hydrogen) atoms. The first-order valence-corrected chi connectivity index (χ1v) is 19.5. The summed E-state index contributed by atoms with van der Waals surface area (Å²) >= 11 is 0. The second-order valence-electron chi connectivity index (χ2n) is 12.1. The maximum Gasteiger partial charge on any atom is 0.416 e. The molecule has 1 amide bonds. The van der Waals surface area contributed by atoms with Crippen molar-refractivity contribution in [3.05, 3.63) is 144 Å². The Morgan fingerprint density at radius 2 is 1.19 bits per heavy atom. The molecular formula is C39H35F3N2O7S2. The number of methoxy groups -OCH3 is 1. The number of halogens is 3. The van der Waals surface area contributed by atoms with Gasteiger partial charge in [-0.15, -0.1) is 0 Å². The topological polar surface area (TPSA) is 127 Å². The lowest BCUT2D eigenvalue weighted by Gasteiger charge is -2.32. The highest BCUT2D eigenvalue weighted by molar-refractivity contribution is 7.90. The van der Waals surface area contributed by atoms with E-state index in [1.165, 1.54) is 48.4 Å². The summed E-state index contributed by atoms with van der Waals surface area (Å²) in [6, 6.07) is 31.4. The molecule has 0 fully saturated rings. The van der Waals surface area contributed by atoms with E-state index in [1.54, 1.807) is 24.3 Å². The van der Waals surface area contributed by atoms with Gasteiger partial charge in [0, 0.05) is 24.9 Å². The molecule has 0 heterocycles. The van der Waals surface area contributed by atoms with Crippen molar-refractivity contribution in [1.29, 1.82) is 0 Å². The number of amides is 1. The minimum atomic E-state index is -4.49. The van der Waals surface area contributed by atoms with Crippen molar-refractivity contribution in [3.8, 4) is 22.3 Å². The molecule has 5 rings (SSSR count). The monoisotopic (exact) mass is 764 g/mol. The lowest BCUT2D eigenvalue weighted by atomic mass is 9.97. The van der Waals surface area contributed by atoms with Gasteiger partial charge in [0.15, 0.2) is 9.84 Å². The molecule has 5 aromatic carbocycles. The largest absolute Gasteiger partial charge is 0.469 e. The van der Waals surface area contributed by atoms with Crippen LogP contribution in [-0.2, 0) is 35.6 Å². The number of sulfonamides is 1. The Kier molecular flexibility index (Phi) is 11.9. The van der Waals surface area contributed by atoms with E-state index in [0.717, 1.165) is 41.6 Å².